The molecule has 0 saturated heterocycles. The second kappa shape index (κ2) is 5.14. The van der Waals surface area contributed by atoms with Gasteiger partial charge in [-0.3, -0.25) is 0 Å². The van der Waals surface area contributed by atoms with Crippen molar-refractivity contribution < 1.29 is 10.2 Å². The van der Waals surface area contributed by atoms with Crippen LogP contribution in [0.5, 0.6) is 5.75 Å². The van der Waals surface area contributed by atoms with Gasteiger partial charge in [-0.1, -0.05) is 19.1 Å². The molecule has 0 aliphatic rings. The second-order valence-corrected chi connectivity index (χ2v) is 4.12. The van der Waals surface area contributed by atoms with Crippen molar-refractivity contribution in [3.63, 3.8) is 0 Å². The number of benzene rings is 1. The molecule has 0 radical (unpaired) electrons. The zero-order chi connectivity index (χ0) is 11.3. The Morgan fingerprint density at radius 3 is 2.40 bits per heavy atom. The summed E-state index contributed by atoms with van der Waals surface area (Å²) >= 11 is 0. The van der Waals surface area contributed by atoms with Gasteiger partial charge in [0.05, 0.1) is 5.60 Å². The maximum atomic E-state index is 10.0. The van der Waals surface area contributed by atoms with Crippen LogP contribution in [-0.2, 0) is 6.42 Å². The first-order valence-corrected chi connectivity index (χ1v) is 5.24. The summed E-state index contributed by atoms with van der Waals surface area (Å²) in [6, 6.07) is 6.93. The summed E-state index contributed by atoms with van der Waals surface area (Å²) < 4.78 is 0. The standard InChI is InChI=1S/C12H19NO2/c1-3-13-9-12(2,15)8-10-4-6-11(14)7-5-10/h4-7,13-15H,3,8-9H2,1-2H3. The lowest BCUT2D eigenvalue weighted by molar-refractivity contribution is 0.0607. The predicted molar refractivity (Wildman–Crippen MR) is 61.0 cm³/mol. The molecule has 3 N–H and O–H groups in total. The van der Waals surface area contributed by atoms with Gasteiger partial charge in [0.2, 0.25) is 0 Å². The van der Waals surface area contributed by atoms with E-state index in [1.54, 1.807) is 12.1 Å². The van der Waals surface area contributed by atoms with Crippen LogP contribution in [0.1, 0.15) is 19.4 Å². The molecule has 0 aliphatic heterocycles. The third-order valence-electron chi connectivity index (χ3n) is 2.28. The Bertz CT molecular complexity index is 293. The molecule has 1 aromatic rings. The highest BCUT2D eigenvalue weighted by atomic mass is 16.3. The number of hydrogen-bond donors (Lipinski definition) is 3. The first-order valence-electron chi connectivity index (χ1n) is 5.24. The van der Waals surface area contributed by atoms with Crippen LogP contribution in [0.4, 0.5) is 0 Å². The van der Waals surface area contributed by atoms with Crippen molar-refractivity contribution in [2.45, 2.75) is 25.9 Å². The molecule has 3 nitrogen and oxygen atoms in total. The summed E-state index contributed by atoms with van der Waals surface area (Å²) in [5.74, 6) is 0.255. The average Bonchev–Trinajstić information content (AvgIpc) is 2.18. The van der Waals surface area contributed by atoms with Gasteiger partial charge in [-0.15, -0.1) is 0 Å². The van der Waals surface area contributed by atoms with E-state index in [-0.39, 0.29) is 5.75 Å². The van der Waals surface area contributed by atoms with Crippen molar-refractivity contribution in [3.05, 3.63) is 29.8 Å². The summed E-state index contributed by atoms with van der Waals surface area (Å²) in [6.45, 7) is 5.25. The minimum absolute atomic E-state index is 0.255. The molecule has 3 heteroatoms. The molecule has 0 heterocycles. The average molecular weight is 209 g/mol. The van der Waals surface area contributed by atoms with E-state index in [1.165, 1.54) is 0 Å². The molecule has 1 unspecified atom stereocenters. The summed E-state index contributed by atoms with van der Waals surface area (Å²) in [4.78, 5) is 0. The number of aromatic hydroxyl groups is 1. The number of nitrogens with one attached hydrogen (secondary N) is 1. The van der Waals surface area contributed by atoms with Crippen molar-refractivity contribution in [1.29, 1.82) is 0 Å². The van der Waals surface area contributed by atoms with Crippen molar-refractivity contribution in [3.8, 4) is 5.75 Å². The third-order valence-corrected chi connectivity index (χ3v) is 2.28. The van der Waals surface area contributed by atoms with Gasteiger partial charge in [0.15, 0.2) is 0 Å². The van der Waals surface area contributed by atoms with Gasteiger partial charge in [0.25, 0.3) is 0 Å². The molecule has 84 valence electrons. The molecule has 0 saturated carbocycles. The van der Waals surface area contributed by atoms with Gasteiger partial charge in [-0.25, -0.2) is 0 Å². The van der Waals surface area contributed by atoms with Gasteiger partial charge in [-0.2, -0.15) is 0 Å². The van der Waals surface area contributed by atoms with Crippen LogP contribution in [0.3, 0.4) is 0 Å². The Kier molecular flexibility index (Phi) is 4.12. The van der Waals surface area contributed by atoms with Crippen LogP contribution < -0.4 is 5.32 Å². The summed E-state index contributed by atoms with van der Waals surface area (Å²) in [7, 11) is 0. The molecule has 1 aromatic carbocycles. The van der Waals surface area contributed by atoms with E-state index in [0.29, 0.717) is 13.0 Å². The number of rotatable bonds is 5. The van der Waals surface area contributed by atoms with Gasteiger partial charge < -0.3 is 15.5 Å². The minimum atomic E-state index is -0.743. The van der Waals surface area contributed by atoms with E-state index in [0.717, 1.165) is 12.1 Å². The summed E-state index contributed by atoms with van der Waals surface area (Å²) in [6.07, 6.45) is 0.584. The molecule has 0 aromatic heterocycles. The lowest BCUT2D eigenvalue weighted by atomic mass is 9.96. The molecule has 0 amide bonds. The summed E-state index contributed by atoms with van der Waals surface area (Å²) in [5, 5.41) is 22.3. The van der Waals surface area contributed by atoms with Crippen LogP contribution in [0.15, 0.2) is 24.3 Å². The Balaban J connectivity index is 2.56. The van der Waals surface area contributed by atoms with E-state index in [4.69, 9.17) is 5.11 Å². The van der Waals surface area contributed by atoms with Crippen molar-refractivity contribution >= 4 is 0 Å². The molecule has 1 atom stereocenters. The molecule has 15 heavy (non-hydrogen) atoms. The van der Waals surface area contributed by atoms with Crippen LogP contribution in [0.2, 0.25) is 0 Å². The molecule has 1 rings (SSSR count). The number of aliphatic hydroxyl groups is 1. The van der Waals surface area contributed by atoms with Crippen LogP contribution in [0.25, 0.3) is 0 Å². The fourth-order valence-corrected chi connectivity index (χ4v) is 1.51. The van der Waals surface area contributed by atoms with E-state index in [2.05, 4.69) is 5.32 Å². The Morgan fingerprint density at radius 2 is 1.87 bits per heavy atom. The van der Waals surface area contributed by atoms with Crippen LogP contribution in [0, 0.1) is 0 Å². The third kappa shape index (κ3) is 4.32. The molecule has 0 spiro atoms. The fourth-order valence-electron chi connectivity index (χ4n) is 1.51. The topological polar surface area (TPSA) is 52.5 Å². The van der Waals surface area contributed by atoms with Crippen molar-refractivity contribution in [1.82, 2.24) is 5.32 Å². The lowest BCUT2D eigenvalue weighted by Gasteiger charge is -2.23. The maximum absolute atomic E-state index is 10.0. The fraction of sp³-hybridized carbons (Fsp3) is 0.500. The first-order chi connectivity index (χ1) is 7.03. The molecule has 0 fully saturated rings. The minimum Gasteiger partial charge on any atom is -0.508 e. The zero-order valence-electron chi connectivity index (χ0n) is 9.33. The summed E-state index contributed by atoms with van der Waals surface area (Å²) in [5.41, 5.74) is 0.281. The van der Waals surface area contributed by atoms with Crippen LogP contribution >= 0.6 is 0 Å². The normalized spacial score (nSPS) is 14.9. The Labute approximate surface area is 90.8 Å². The van der Waals surface area contributed by atoms with Crippen molar-refractivity contribution in [2.24, 2.45) is 0 Å². The van der Waals surface area contributed by atoms with Gasteiger partial charge >= 0.3 is 0 Å². The number of hydrogen-bond acceptors (Lipinski definition) is 3. The van der Waals surface area contributed by atoms with Crippen LogP contribution in [-0.4, -0.2) is 28.9 Å². The molecule has 0 aliphatic carbocycles. The number of phenols is 1. The highest BCUT2D eigenvalue weighted by Gasteiger charge is 2.19. The monoisotopic (exact) mass is 209 g/mol. The molecular weight excluding hydrogens is 190 g/mol. The number of likely N-dealkylation sites (N-methyl/N-ethyl adjacent to an activating group) is 1. The quantitative estimate of drug-likeness (QED) is 0.685. The Hall–Kier alpha value is -1.06. The highest BCUT2D eigenvalue weighted by Crippen LogP contribution is 2.15. The maximum Gasteiger partial charge on any atom is 0.115 e. The second-order valence-electron chi connectivity index (χ2n) is 4.12. The predicted octanol–water partition coefficient (Wildman–Crippen LogP) is 1.30. The number of phenolic OH excluding ortho intramolecular Hbond substituents is 1. The Morgan fingerprint density at radius 1 is 1.27 bits per heavy atom. The van der Waals surface area contributed by atoms with E-state index < -0.39 is 5.60 Å². The van der Waals surface area contributed by atoms with E-state index in [1.807, 2.05) is 26.0 Å². The molecular formula is C12H19NO2. The molecule has 0 bridgehead atoms. The zero-order valence-corrected chi connectivity index (χ0v) is 9.33. The first kappa shape index (κ1) is 12.0. The van der Waals surface area contributed by atoms with Gasteiger partial charge in [0, 0.05) is 13.0 Å². The van der Waals surface area contributed by atoms with Gasteiger partial charge in [0.1, 0.15) is 5.75 Å². The largest absolute Gasteiger partial charge is 0.508 e. The smallest absolute Gasteiger partial charge is 0.115 e. The van der Waals surface area contributed by atoms with E-state index >= 15 is 0 Å². The van der Waals surface area contributed by atoms with E-state index in [9.17, 15) is 5.11 Å². The lowest BCUT2D eigenvalue weighted by Crippen LogP contribution is -2.39. The highest BCUT2D eigenvalue weighted by molar-refractivity contribution is 5.26. The van der Waals surface area contributed by atoms with Crippen molar-refractivity contribution in [2.75, 3.05) is 13.1 Å². The SMILES string of the molecule is CCNCC(C)(O)Cc1ccc(O)cc1. The van der Waals surface area contributed by atoms with Gasteiger partial charge in [-0.05, 0) is 31.2 Å².